The van der Waals surface area contributed by atoms with Crippen LogP contribution in [0.3, 0.4) is 0 Å². The number of thioether (sulfide) groups is 1. The molecule has 0 bridgehead atoms. The zero-order valence-corrected chi connectivity index (χ0v) is 10.4. The number of nitrogens with zero attached hydrogens (tertiary/aromatic N) is 1. The molecule has 2 saturated heterocycles. The molecule has 82 valence electrons. The second kappa shape index (κ2) is 4.44. The van der Waals surface area contributed by atoms with Crippen LogP contribution in [0, 0.1) is 0 Å². The molecule has 0 aromatic carbocycles. The van der Waals surface area contributed by atoms with Crippen molar-refractivity contribution in [2.45, 2.75) is 24.7 Å². The van der Waals surface area contributed by atoms with E-state index in [1.165, 1.54) is 40.8 Å². The van der Waals surface area contributed by atoms with Gasteiger partial charge in [0.1, 0.15) is 0 Å². The summed E-state index contributed by atoms with van der Waals surface area (Å²) in [6.45, 7) is 2.30. The smallest absolute Gasteiger partial charge is 0.0971 e. The van der Waals surface area contributed by atoms with Crippen molar-refractivity contribution in [2.75, 3.05) is 24.6 Å². The van der Waals surface area contributed by atoms with Gasteiger partial charge >= 0.3 is 0 Å². The average Bonchev–Trinajstić information content (AvgIpc) is 3.02. The molecule has 4 heteroatoms. The first-order valence-corrected chi connectivity index (χ1v) is 7.64. The number of hydrogen-bond donors (Lipinski definition) is 1. The van der Waals surface area contributed by atoms with Crippen molar-refractivity contribution in [3.63, 3.8) is 0 Å². The fourth-order valence-corrected chi connectivity index (χ4v) is 4.84. The van der Waals surface area contributed by atoms with Crippen LogP contribution in [0.25, 0.3) is 0 Å². The summed E-state index contributed by atoms with van der Waals surface area (Å²) >= 11 is 4.05. The van der Waals surface area contributed by atoms with Crippen LogP contribution in [0.15, 0.2) is 6.20 Å². The van der Waals surface area contributed by atoms with Crippen LogP contribution in [0.5, 0.6) is 0 Å². The Labute approximate surface area is 98.9 Å². The van der Waals surface area contributed by atoms with Crippen molar-refractivity contribution in [3.05, 3.63) is 16.1 Å². The van der Waals surface area contributed by atoms with E-state index in [1.807, 2.05) is 11.3 Å². The minimum Gasteiger partial charge on any atom is -0.316 e. The van der Waals surface area contributed by atoms with Gasteiger partial charge in [-0.3, -0.25) is 0 Å². The molecular formula is C11H16N2S2. The quantitative estimate of drug-likeness (QED) is 0.859. The molecule has 2 unspecified atom stereocenters. The number of hydrogen-bond acceptors (Lipinski definition) is 4. The highest BCUT2D eigenvalue weighted by molar-refractivity contribution is 7.99. The molecule has 0 amide bonds. The monoisotopic (exact) mass is 240 g/mol. The van der Waals surface area contributed by atoms with E-state index in [0.717, 1.165) is 12.5 Å². The normalized spacial score (nSPS) is 31.2. The molecule has 0 saturated carbocycles. The first-order chi connectivity index (χ1) is 7.43. The fraction of sp³-hybridized carbons (Fsp3) is 0.727. The molecule has 1 N–H and O–H groups in total. The second-order valence-electron chi connectivity index (χ2n) is 4.35. The van der Waals surface area contributed by atoms with Crippen LogP contribution in [0.1, 0.15) is 34.6 Å². The molecule has 2 aliphatic rings. The summed E-state index contributed by atoms with van der Waals surface area (Å²) in [6.07, 6.45) is 4.76. The predicted octanol–water partition coefficient (Wildman–Crippen LogP) is 2.44. The van der Waals surface area contributed by atoms with Crippen LogP contribution < -0.4 is 5.32 Å². The number of aromatic nitrogens is 1. The van der Waals surface area contributed by atoms with Gasteiger partial charge in [0.05, 0.1) is 5.01 Å². The van der Waals surface area contributed by atoms with Crippen molar-refractivity contribution >= 4 is 23.1 Å². The van der Waals surface area contributed by atoms with Crippen LogP contribution in [0.4, 0.5) is 0 Å². The minimum absolute atomic E-state index is 0.692. The third kappa shape index (κ3) is 2.08. The molecule has 3 heterocycles. The maximum absolute atomic E-state index is 4.61. The Hall–Kier alpha value is -0.0600. The van der Waals surface area contributed by atoms with Crippen molar-refractivity contribution in [3.8, 4) is 0 Å². The Morgan fingerprint density at radius 1 is 1.33 bits per heavy atom. The summed E-state index contributed by atoms with van der Waals surface area (Å²) in [5, 5.41) is 4.78. The zero-order valence-electron chi connectivity index (χ0n) is 8.74. The largest absolute Gasteiger partial charge is 0.316 e. The van der Waals surface area contributed by atoms with E-state index in [0.29, 0.717) is 5.92 Å². The molecular weight excluding hydrogens is 224 g/mol. The summed E-state index contributed by atoms with van der Waals surface area (Å²) < 4.78 is 0. The number of thiazole rings is 1. The number of rotatable bonds is 2. The molecule has 0 spiro atoms. The highest BCUT2D eigenvalue weighted by Gasteiger charge is 2.23. The van der Waals surface area contributed by atoms with Gasteiger partial charge in [-0.1, -0.05) is 0 Å². The standard InChI is InChI=1S/C11H16N2S2/c1-3-12-5-8(1)11-13-6-10(15-11)9-2-4-14-7-9/h6,8-9,12H,1-5,7H2. The van der Waals surface area contributed by atoms with E-state index in [1.54, 1.807) is 0 Å². The van der Waals surface area contributed by atoms with E-state index >= 15 is 0 Å². The van der Waals surface area contributed by atoms with Crippen molar-refractivity contribution in [1.82, 2.24) is 10.3 Å². The van der Waals surface area contributed by atoms with Gasteiger partial charge in [0.25, 0.3) is 0 Å². The Balaban J connectivity index is 1.74. The molecule has 0 aliphatic carbocycles. The Morgan fingerprint density at radius 3 is 3.07 bits per heavy atom. The van der Waals surface area contributed by atoms with Gasteiger partial charge in [-0.15, -0.1) is 11.3 Å². The predicted molar refractivity (Wildman–Crippen MR) is 67.0 cm³/mol. The molecule has 1 aromatic heterocycles. The molecule has 3 rings (SSSR count). The third-order valence-electron chi connectivity index (χ3n) is 3.28. The minimum atomic E-state index is 0.692. The van der Waals surface area contributed by atoms with Gasteiger partial charge in [-0.25, -0.2) is 4.98 Å². The van der Waals surface area contributed by atoms with Crippen LogP contribution in [0.2, 0.25) is 0 Å². The van der Waals surface area contributed by atoms with E-state index in [4.69, 9.17) is 0 Å². The van der Waals surface area contributed by atoms with E-state index in [9.17, 15) is 0 Å². The van der Waals surface area contributed by atoms with Crippen LogP contribution >= 0.6 is 23.1 Å². The van der Waals surface area contributed by atoms with E-state index < -0.39 is 0 Å². The number of nitrogens with one attached hydrogen (secondary N) is 1. The summed E-state index contributed by atoms with van der Waals surface area (Å²) in [5.74, 6) is 4.14. The molecule has 0 radical (unpaired) electrons. The SMILES string of the molecule is c1nc(C2CCNC2)sc1C1CCSC1. The van der Waals surface area contributed by atoms with Crippen molar-refractivity contribution in [1.29, 1.82) is 0 Å². The molecule has 15 heavy (non-hydrogen) atoms. The molecule has 1 aromatic rings. The van der Waals surface area contributed by atoms with Crippen molar-refractivity contribution < 1.29 is 0 Å². The van der Waals surface area contributed by atoms with Crippen molar-refractivity contribution in [2.24, 2.45) is 0 Å². The van der Waals surface area contributed by atoms with Crippen LogP contribution in [-0.2, 0) is 0 Å². The molecule has 2 atom stereocenters. The lowest BCUT2D eigenvalue weighted by molar-refractivity contribution is 0.755. The summed E-state index contributed by atoms with van der Waals surface area (Å²) in [4.78, 5) is 6.14. The lowest BCUT2D eigenvalue weighted by atomic mass is 10.1. The van der Waals surface area contributed by atoms with Crippen LogP contribution in [-0.4, -0.2) is 29.6 Å². The molecule has 2 nitrogen and oxygen atoms in total. The lowest BCUT2D eigenvalue weighted by Gasteiger charge is -2.04. The topological polar surface area (TPSA) is 24.9 Å². The average molecular weight is 240 g/mol. The zero-order chi connectivity index (χ0) is 10.1. The summed E-state index contributed by atoms with van der Waals surface area (Å²) in [7, 11) is 0. The maximum atomic E-state index is 4.61. The van der Waals surface area contributed by atoms with Gasteiger partial charge in [0, 0.05) is 35.2 Å². The molecule has 2 aliphatic heterocycles. The third-order valence-corrected chi connectivity index (χ3v) is 5.77. The van der Waals surface area contributed by atoms with Gasteiger partial charge in [0.2, 0.25) is 0 Å². The highest BCUT2D eigenvalue weighted by atomic mass is 32.2. The van der Waals surface area contributed by atoms with Gasteiger partial charge in [0.15, 0.2) is 0 Å². The Kier molecular flexibility index (Phi) is 2.99. The van der Waals surface area contributed by atoms with E-state index in [2.05, 4.69) is 28.3 Å². The van der Waals surface area contributed by atoms with Gasteiger partial charge < -0.3 is 5.32 Å². The van der Waals surface area contributed by atoms with Gasteiger partial charge in [-0.2, -0.15) is 11.8 Å². The highest BCUT2D eigenvalue weighted by Crippen LogP contribution is 2.37. The maximum Gasteiger partial charge on any atom is 0.0971 e. The van der Waals surface area contributed by atoms with Gasteiger partial charge in [-0.05, 0) is 25.1 Å². The Morgan fingerprint density at radius 2 is 2.33 bits per heavy atom. The fourth-order valence-electron chi connectivity index (χ4n) is 2.30. The first kappa shape index (κ1) is 10.1. The lowest BCUT2D eigenvalue weighted by Crippen LogP contribution is -2.07. The second-order valence-corrected chi connectivity index (χ2v) is 6.59. The summed E-state index contributed by atoms with van der Waals surface area (Å²) in [6, 6.07) is 0. The molecule has 2 fully saturated rings. The summed E-state index contributed by atoms with van der Waals surface area (Å²) in [5.41, 5.74) is 0. The van der Waals surface area contributed by atoms with E-state index in [-0.39, 0.29) is 0 Å². The Bertz CT molecular complexity index is 295. The first-order valence-electron chi connectivity index (χ1n) is 5.67.